The van der Waals surface area contributed by atoms with E-state index in [9.17, 15) is 4.79 Å². The van der Waals surface area contributed by atoms with Crippen LogP contribution in [0.25, 0.3) is 0 Å². The second-order valence-electron chi connectivity index (χ2n) is 6.05. The summed E-state index contributed by atoms with van der Waals surface area (Å²) in [6, 6.07) is 0.317. The average molecular weight is 302 g/mol. The fourth-order valence-electron chi connectivity index (χ4n) is 3.39. The Labute approximate surface area is 130 Å². The lowest BCUT2D eigenvalue weighted by atomic mass is 9.96. The Morgan fingerprint density at radius 1 is 1.45 bits per heavy atom. The highest BCUT2D eigenvalue weighted by atomic mass is 16.5. The molecule has 1 aliphatic rings. The Morgan fingerprint density at radius 2 is 2.27 bits per heavy atom. The molecule has 6 heteroatoms. The van der Waals surface area contributed by atoms with Crippen LogP contribution in [0.1, 0.15) is 48.7 Å². The van der Waals surface area contributed by atoms with Crippen molar-refractivity contribution in [1.82, 2.24) is 19.6 Å². The van der Waals surface area contributed by atoms with Crippen LogP contribution in [0.3, 0.4) is 0 Å². The van der Waals surface area contributed by atoms with Crippen LogP contribution in [0.5, 0.6) is 0 Å². The highest BCUT2D eigenvalue weighted by Crippen LogP contribution is 2.28. The number of aryl methyl sites for hydroxylation is 2. The third-order valence-corrected chi connectivity index (χ3v) is 4.55. The molecule has 0 radical (unpaired) electrons. The van der Waals surface area contributed by atoms with Crippen molar-refractivity contribution in [2.45, 2.75) is 45.6 Å². The Kier molecular flexibility index (Phi) is 4.00. The molecule has 1 fully saturated rings. The maximum Gasteiger partial charge on any atom is 0.230 e. The zero-order chi connectivity index (χ0) is 15.7. The third kappa shape index (κ3) is 2.65. The first-order chi connectivity index (χ1) is 10.6. The number of amides is 1. The molecule has 0 spiro atoms. The zero-order valence-electron chi connectivity index (χ0n) is 13.3. The van der Waals surface area contributed by atoms with Gasteiger partial charge in [0.05, 0.1) is 24.0 Å². The number of imidazole rings is 1. The van der Waals surface area contributed by atoms with E-state index in [0.717, 1.165) is 42.9 Å². The molecule has 22 heavy (non-hydrogen) atoms. The Morgan fingerprint density at radius 3 is 2.91 bits per heavy atom. The number of hydrogen-bond donors (Lipinski definition) is 0. The van der Waals surface area contributed by atoms with Gasteiger partial charge in [0.15, 0.2) is 0 Å². The van der Waals surface area contributed by atoms with Gasteiger partial charge in [0, 0.05) is 31.0 Å². The van der Waals surface area contributed by atoms with Crippen molar-refractivity contribution in [2.24, 2.45) is 0 Å². The Bertz CT molecular complexity index is 628. The van der Waals surface area contributed by atoms with Crippen LogP contribution < -0.4 is 0 Å². The summed E-state index contributed by atoms with van der Waals surface area (Å²) in [5.74, 6) is 0.675. The average Bonchev–Trinajstić information content (AvgIpc) is 3.16. The number of hydrogen-bond acceptors (Lipinski definition) is 4. The van der Waals surface area contributed by atoms with E-state index in [1.54, 1.807) is 6.20 Å². The smallest absolute Gasteiger partial charge is 0.230 e. The molecule has 6 nitrogen and oxygen atoms in total. The summed E-state index contributed by atoms with van der Waals surface area (Å²) in [5, 5.41) is 3.96. The summed E-state index contributed by atoms with van der Waals surface area (Å²) >= 11 is 0. The van der Waals surface area contributed by atoms with Crippen molar-refractivity contribution < 1.29 is 9.32 Å². The molecule has 0 saturated carbocycles. The van der Waals surface area contributed by atoms with Gasteiger partial charge in [-0.1, -0.05) is 5.16 Å². The molecule has 0 aliphatic carbocycles. The largest absolute Gasteiger partial charge is 0.361 e. The maximum atomic E-state index is 12.8. The molecule has 1 amide bonds. The van der Waals surface area contributed by atoms with E-state index in [4.69, 9.17) is 4.52 Å². The summed E-state index contributed by atoms with van der Waals surface area (Å²) in [7, 11) is 0. The minimum absolute atomic E-state index is 0.152. The summed E-state index contributed by atoms with van der Waals surface area (Å²) in [6.07, 6.45) is 7.68. The van der Waals surface area contributed by atoms with Gasteiger partial charge in [-0.3, -0.25) is 4.79 Å². The van der Waals surface area contributed by atoms with Crippen LogP contribution in [0.2, 0.25) is 0 Å². The van der Waals surface area contributed by atoms with Crippen molar-refractivity contribution in [2.75, 3.05) is 13.1 Å². The molecule has 118 valence electrons. The van der Waals surface area contributed by atoms with Gasteiger partial charge in [-0.15, -0.1) is 0 Å². The van der Waals surface area contributed by atoms with Crippen LogP contribution in [-0.2, 0) is 4.79 Å². The van der Waals surface area contributed by atoms with Gasteiger partial charge in [0.1, 0.15) is 5.76 Å². The fourth-order valence-corrected chi connectivity index (χ4v) is 3.39. The molecule has 0 bridgehead atoms. The van der Waals surface area contributed by atoms with Crippen molar-refractivity contribution in [3.8, 4) is 0 Å². The number of carbonyl (C=O) groups excluding carboxylic acids is 1. The van der Waals surface area contributed by atoms with Crippen LogP contribution in [0.4, 0.5) is 0 Å². The summed E-state index contributed by atoms with van der Waals surface area (Å²) in [4.78, 5) is 18.9. The summed E-state index contributed by atoms with van der Waals surface area (Å²) in [6.45, 7) is 7.25. The minimum atomic E-state index is -0.215. The molecular weight excluding hydrogens is 280 g/mol. The van der Waals surface area contributed by atoms with Crippen LogP contribution in [0, 0.1) is 13.8 Å². The van der Waals surface area contributed by atoms with Gasteiger partial charge in [0.25, 0.3) is 0 Å². The standard InChI is InChI=1S/C16H22N4O2/c1-11(15-12(2)18-22-13(15)3)16(21)19-7-4-5-14(9-19)20-8-6-17-10-20/h6,8,10-11,14H,4-5,7,9H2,1-3H3. The van der Waals surface area contributed by atoms with Crippen LogP contribution in [-0.4, -0.2) is 38.6 Å². The van der Waals surface area contributed by atoms with Crippen LogP contribution >= 0.6 is 0 Å². The van der Waals surface area contributed by atoms with E-state index >= 15 is 0 Å². The predicted octanol–water partition coefficient (Wildman–Crippen LogP) is 2.46. The van der Waals surface area contributed by atoms with Crippen molar-refractivity contribution in [3.63, 3.8) is 0 Å². The van der Waals surface area contributed by atoms with Crippen molar-refractivity contribution in [1.29, 1.82) is 0 Å². The number of piperidine rings is 1. The Balaban J connectivity index is 1.74. The third-order valence-electron chi connectivity index (χ3n) is 4.55. The van der Waals surface area contributed by atoms with Gasteiger partial charge >= 0.3 is 0 Å². The lowest BCUT2D eigenvalue weighted by Crippen LogP contribution is -2.42. The first-order valence-electron chi connectivity index (χ1n) is 7.77. The quantitative estimate of drug-likeness (QED) is 0.873. The van der Waals surface area contributed by atoms with Gasteiger partial charge in [-0.25, -0.2) is 4.98 Å². The molecule has 2 aromatic heterocycles. The minimum Gasteiger partial charge on any atom is -0.361 e. The Hall–Kier alpha value is -2.11. The molecule has 0 aromatic carbocycles. The number of likely N-dealkylation sites (tertiary alicyclic amines) is 1. The lowest BCUT2D eigenvalue weighted by Gasteiger charge is -2.34. The number of aromatic nitrogens is 3. The van der Waals surface area contributed by atoms with Gasteiger partial charge < -0.3 is 14.0 Å². The topological polar surface area (TPSA) is 64.2 Å². The van der Waals surface area contributed by atoms with Gasteiger partial charge in [-0.05, 0) is 33.6 Å². The number of carbonyl (C=O) groups is 1. The van der Waals surface area contributed by atoms with E-state index in [1.165, 1.54) is 0 Å². The van der Waals surface area contributed by atoms with E-state index in [1.807, 2.05) is 38.2 Å². The van der Waals surface area contributed by atoms with Crippen molar-refractivity contribution in [3.05, 3.63) is 35.7 Å². The molecular formula is C16H22N4O2. The first kappa shape index (κ1) is 14.8. The number of nitrogens with zero attached hydrogens (tertiary/aromatic N) is 4. The van der Waals surface area contributed by atoms with E-state index < -0.39 is 0 Å². The summed E-state index contributed by atoms with van der Waals surface area (Å²) < 4.78 is 7.30. The molecule has 1 aliphatic heterocycles. The molecule has 3 heterocycles. The lowest BCUT2D eigenvalue weighted by molar-refractivity contribution is -0.134. The van der Waals surface area contributed by atoms with E-state index in [0.29, 0.717) is 6.04 Å². The predicted molar refractivity (Wildman–Crippen MR) is 81.5 cm³/mol. The fraction of sp³-hybridized carbons (Fsp3) is 0.562. The highest BCUT2D eigenvalue weighted by Gasteiger charge is 2.30. The molecule has 3 rings (SSSR count). The molecule has 2 atom stereocenters. The normalized spacial score (nSPS) is 20.1. The second-order valence-corrected chi connectivity index (χ2v) is 6.05. The molecule has 0 N–H and O–H groups in total. The molecule has 1 saturated heterocycles. The van der Waals surface area contributed by atoms with E-state index in [2.05, 4.69) is 14.7 Å². The van der Waals surface area contributed by atoms with Gasteiger partial charge in [0.2, 0.25) is 5.91 Å². The van der Waals surface area contributed by atoms with Gasteiger partial charge in [-0.2, -0.15) is 0 Å². The summed E-state index contributed by atoms with van der Waals surface area (Å²) in [5.41, 5.74) is 1.73. The van der Waals surface area contributed by atoms with E-state index in [-0.39, 0.29) is 11.8 Å². The second kappa shape index (κ2) is 5.94. The monoisotopic (exact) mass is 302 g/mol. The first-order valence-corrected chi connectivity index (χ1v) is 7.77. The number of rotatable bonds is 3. The zero-order valence-corrected chi connectivity index (χ0v) is 13.3. The molecule has 2 aromatic rings. The highest BCUT2D eigenvalue weighted by molar-refractivity contribution is 5.84. The molecule has 2 unspecified atom stereocenters. The van der Waals surface area contributed by atoms with Crippen LogP contribution in [0.15, 0.2) is 23.2 Å². The SMILES string of the molecule is Cc1noc(C)c1C(C)C(=O)N1CCCC(n2ccnc2)C1. The maximum absolute atomic E-state index is 12.8. The van der Waals surface area contributed by atoms with Crippen molar-refractivity contribution >= 4 is 5.91 Å².